The van der Waals surface area contributed by atoms with Gasteiger partial charge < -0.3 is 14.2 Å². The normalized spacial score (nSPS) is 17.9. The van der Waals surface area contributed by atoms with Crippen LogP contribution in [0.5, 0.6) is 11.5 Å². The van der Waals surface area contributed by atoms with E-state index in [0.717, 1.165) is 54.7 Å². The summed E-state index contributed by atoms with van der Waals surface area (Å²) in [7, 11) is -0.943. The Morgan fingerprint density at radius 3 is 2.40 bits per heavy atom. The molecule has 0 saturated carbocycles. The second kappa shape index (κ2) is 13.8. The van der Waals surface area contributed by atoms with Crippen molar-refractivity contribution in [3.8, 4) is 22.6 Å². The summed E-state index contributed by atoms with van der Waals surface area (Å²) in [5.74, 6) is 2.79. The Morgan fingerprint density at radius 2 is 1.67 bits per heavy atom. The summed E-state index contributed by atoms with van der Waals surface area (Å²) in [6, 6.07) is 21.0. The molecule has 1 heterocycles. The molecule has 0 radical (unpaired) electrons. The number of hydrogen-bond donors (Lipinski definition) is 2. The van der Waals surface area contributed by atoms with Gasteiger partial charge >= 0.3 is 5.97 Å². The SMILES string of the molecule is C/C=C/C(CC(=O)OC)c1ccc(OCc2ccc3c(c2)-c2ccc(OCC4CCS(O)(O)CC4)cc2CCC3)cc1. The predicted octanol–water partition coefficient (Wildman–Crippen LogP) is 8.18. The Bertz CT molecular complexity index is 1390. The molecule has 42 heavy (non-hydrogen) atoms. The third-order valence-corrected chi connectivity index (χ3v) is 10.2. The quantitative estimate of drug-likeness (QED) is 0.183. The van der Waals surface area contributed by atoms with Gasteiger partial charge in [-0.25, -0.2) is 0 Å². The molecule has 1 fully saturated rings. The molecule has 2 aliphatic rings. The number of esters is 1. The number of methoxy groups -OCH3 is 1. The third-order valence-electron chi connectivity index (χ3n) is 8.38. The highest BCUT2D eigenvalue weighted by molar-refractivity contribution is 8.24. The summed E-state index contributed by atoms with van der Waals surface area (Å²) in [4.78, 5) is 11.8. The minimum atomic E-state index is -2.36. The van der Waals surface area contributed by atoms with E-state index in [4.69, 9.17) is 14.2 Å². The van der Waals surface area contributed by atoms with Crippen LogP contribution < -0.4 is 9.47 Å². The maximum absolute atomic E-state index is 11.8. The van der Waals surface area contributed by atoms with Gasteiger partial charge in [-0.3, -0.25) is 13.9 Å². The Hall–Kier alpha value is -3.26. The fourth-order valence-electron chi connectivity index (χ4n) is 5.89. The van der Waals surface area contributed by atoms with Crippen molar-refractivity contribution in [1.82, 2.24) is 0 Å². The van der Waals surface area contributed by atoms with E-state index in [2.05, 4.69) is 36.4 Å². The van der Waals surface area contributed by atoms with Gasteiger partial charge in [0, 0.05) is 17.4 Å². The first kappa shape index (κ1) is 30.2. The van der Waals surface area contributed by atoms with Gasteiger partial charge in [-0.1, -0.05) is 42.5 Å². The first-order valence-corrected chi connectivity index (χ1v) is 16.8. The molecule has 1 saturated heterocycles. The Balaban J connectivity index is 1.23. The summed E-state index contributed by atoms with van der Waals surface area (Å²) >= 11 is 0. The molecule has 0 bridgehead atoms. The standard InChI is InChI=1S/C35H42O6S/c1-3-5-29(22-35(36)39-2)27-10-12-31(13-11-27)40-24-26-8-9-28-6-4-7-30-21-32(14-15-33(30)34(28)20-26)41-23-25-16-18-42(37,38)19-17-25/h3,5,8-15,20-21,25,29,37-38H,4,6-7,16-19,22-24H2,1-2H3/b5-3+. The van der Waals surface area contributed by atoms with Crippen molar-refractivity contribution >= 4 is 16.6 Å². The van der Waals surface area contributed by atoms with Crippen molar-refractivity contribution in [3.63, 3.8) is 0 Å². The van der Waals surface area contributed by atoms with Crippen molar-refractivity contribution in [1.29, 1.82) is 0 Å². The predicted molar refractivity (Wildman–Crippen MR) is 170 cm³/mol. The highest BCUT2D eigenvalue weighted by Gasteiger charge is 2.25. The third kappa shape index (κ3) is 7.77. The average molecular weight is 591 g/mol. The fraction of sp³-hybridized carbons (Fsp3) is 0.400. The maximum atomic E-state index is 11.8. The molecule has 6 nitrogen and oxygen atoms in total. The van der Waals surface area contributed by atoms with Crippen LogP contribution in [-0.2, 0) is 29.0 Å². The van der Waals surface area contributed by atoms with E-state index in [1.807, 2.05) is 43.3 Å². The van der Waals surface area contributed by atoms with Crippen LogP contribution in [0.25, 0.3) is 11.1 Å². The summed E-state index contributed by atoms with van der Waals surface area (Å²) < 4.78 is 37.0. The molecule has 1 atom stereocenters. The zero-order valence-electron chi connectivity index (χ0n) is 24.6. The van der Waals surface area contributed by atoms with E-state index in [0.29, 0.717) is 37.1 Å². The first-order valence-electron chi connectivity index (χ1n) is 14.9. The second-order valence-corrected chi connectivity index (χ2v) is 13.8. The molecule has 7 heteroatoms. The Labute approximate surface area is 251 Å². The molecule has 0 aromatic heterocycles. The smallest absolute Gasteiger partial charge is 0.306 e. The van der Waals surface area contributed by atoms with E-state index in [9.17, 15) is 13.9 Å². The first-order chi connectivity index (χ1) is 20.3. The number of ether oxygens (including phenoxy) is 3. The highest BCUT2D eigenvalue weighted by Crippen LogP contribution is 2.45. The van der Waals surface area contributed by atoms with Gasteiger partial charge in [-0.15, -0.1) is 0 Å². The largest absolute Gasteiger partial charge is 0.493 e. The molecule has 3 aromatic rings. The van der Waals surface area contributed by atoms with Crippen LogP contribution in [0.3, 0.4) is 0 Å². The monoisotopic (exact) mass is 590 g/mol. The van der Waals surface area contributed by atoms with Gasteiger partial charge in [0.1, 0.15) is 18.1 Å². The summed E-state index contributed by atoms with van der Waals surface area (Å²) in [6.45, 7) is 3.04. The molecule has 1 aliphatic carbocycles. The van der Waals surface area contributed by atoms with Crippen molar-refractivity contribution < 1.29 is 28.1 Å². The summed E-state index contributed by atoms with van der Waals surface area (Å²) in [5.41, 5.74) is 7.35. The van der Waals surface area contributed by atoms with Crippen LogP contribution >= 0.6 is 10.6 Å². The molecule has 224 valence electrons. The molecule has 3 aromatic carbocycles. The van der Waals surface area contributed by atoms with Gasteiger partial charge in [0.2, 0.25) is 0 Å². The number of benzene rings is 3. The number of carbonyl (C=O) groups excluding carboxylic acids is 1. The van der Waals surface area contributed by atoms with Gasteiger partial charge in [0.05, 0.1) is 20.1 Å². The lowest BCUT2D eigenvalue weighted by Gasteiger charge is -2.39. The number of allylic oxidation sites excluding steroid dienone is 2. The van der Waals surface area contributed by atoms with Crippen molar-refractivity contribution in [2.24, 2.45) is 5.92 Å². The van der Waals surface area contributed by atoms with Crippen LogP contribution in [0, 0.1) is 5.92 Å². The van der Waals surface area contributed by atoms with Crippen LogP contribution in [0.15, 0.2) is 72.8 Å². The highest BCUT2D eigenvalue weighted by atomic mass is 32.3. The Kier molecular flexibility index (Phi) is 9.93. The van der Waals surface area contributed by atoms with E-state index in [1.165, 1.54) is 29.4 Å². The van der Waals surface area contributed by atoms with E-state index < -0.39 is 10.6 Å². The minimum Gasteiger partial charge on any atom is -0.493 e. The molecular weight excluding hydrogens is 548 g/mol. The van der Waals surface area contributed by atoms with Gasteiger partial charge in [-0.05, 0) is 109 Å². The van der Waals surface area contributed by atoms with Gasteiger partial charge in [-0.2, -0.15) is 10.6 Å². The maximum Gasteiger partial charge on any atom is 0.306 e. The number of rotatable bonds is 10. The minimum absolute atomic E-state index is 0.0250. The van der Waals surface area contributed by atoms with Crippen LogP contribution in [-0.4, -0.2) is 40.3 Å². The average Bonchev–Trinajstić information content (AvgIpc) is 3.18. The van der Waals surface area contributed by atoms with Crippen molar-refractivity contribution in [2.45, 2.75) is 58.0 Å². The molecular formula is C35H42O6S. The van der Waals surface area contributed by atoms with Crippen molar-refractivity contribution in [2.75, 3.05) is 25.2 Å². The zero-order chi connectivity index (χ0) is 29.5. The van der Waals surface area contributed by atoms with Gasteiger partial charge in [0.15, 0.2) is 0 Å². The fourth-order valence-corrected chi connectivity index (χ4v) is 7.51. The molecule has 2 N–H and O–H groups in total. The molecule has 0 amide bonds. The molecule has 1 unspecified atom stereocenters. The second-order valence-electron chi connectivity index (χ2n) is 11.4. The van der Waals surface area contributed by atoms with Crippen LogP contribution in [0.4, 0.5) is 0 Å². The number of hydrogen-bond acceptors (Lipinski definition) is 6. The molecule has 5 rings (SSSR count). The molecule has 1 aliphatic heterocycles. The zero-order valence-corrected chi connectivity index (χ0v) is 25.4. The van der Waals surface area contributed by atoms with E-state index in [1.54, 1.807) is 0 Å². The van der Waals surface area contributed by atoms with E-state index >= 15 is 0 Å². The topological polar surface area (TPSA) is 85.2 Å². The number of fused-ring (bicyclic) bond motifs is 3. The lowest BCUT2D eigenvalue weighted by Crippen LogP contribution is -2.24. The van der Waals surface area contributed by atoms with Gasteiger partial charge in [0.25, 0.3) is 0 Å². The van der Waals surface area contributed by atoms with Crippen molar-refractivity contribution in [3.05, 3.63) is 95.1 Å². The summed E-state index contributed by atoms with van der Waals surface area (Å²) in [5, 5.41) is 0. The van der Waals surface area contributed by atoms with Crippen LogP contribution in [0.1, 0.15) is 60.8 Å². The number of carbonyl (C=O) groups is 1. The lowest BCUT2D eigenvalue weighted by atomic mass is 9.94. The van der Waals surface area contributed by atoms with Crippen LogP contribution in [0.2, 0.25) is 0 Å². The summed E-state index contributed by atoms with van der Waals surface area (Å²) in [6.07, 6.45) is 9.04. The lowest BCUT2D eigenvalue weighted by molar-refractivity contribution is -0.140. The number of aryl methyl sites for hydroxylation is 2. The Morgan fingerprint density at radius 1 is 0.929 bits per heavy atom. The van der Waals surface area contributed by atoms with E-state index in [-0.39, 0.29) is 11.9 Å². The molecule has 0 spiro atoms.